The van der Waals surface area contributed by atoms with Crippen LogP contribution < -0.4 is 16.6 Å². The smallest absolute Gasteiger partial charge is 0.332 e. The number of fused-ring (bicyclic) bond motifs is 1. The normalized spacial score (nSPS) is 11.0. The Morgan fingerprint density at radius 3 is 2.61 bits per heavy atom. The summed E-state index contributed by atoms with van der Waals surface area (Å²) in [5, 5.41) is 4.55. The number of thiophene rings is 1. The van der Waals surface area contributed by atoms with Crippen molar-refractivity contribution in [1.29, 1.82) is 0 Å². The fourth-order valence-electron chi connectivity index (χ4n) is 2.41. The number of aromatic nitrogens is 2. The lowest BCUT2D eigenvalue weighted by Gasteiger charge is -2.12. The molecule has 126 valence electrons. The molecule has 2 rings (SSSR count). The first-order valence-corrected chi connectivity index (χ1v) is 8.95. The van der Waals surface area contributed by atoms with Gasteiger partial charge >= 0.3 is 5.69 Å². The van der Waals surface area contributed by atoms with Gasteiger partial charge in [0.05, 0.1) is 5.52 Å². The lowest BCUT2D eigenvalue weighted by atomic mass is 10.3. The van der Waals surface area contributed by atoms with Gasteiger partial charge in [0.25, 0.3) is 5.56 Å². The molecular weight excluding hydrogens is 314 g/mol. The van der Waals surface area contributed by atoms with Gasteiger partial charge in [0.15, 0.2) is 0 Å². The van der Waals surface area contributed by atoms with Gasteiger partial charge in [-0.15, -0.1) is 11.3 Å². The Labute approximate surface area is 138 Å². The van der Waals surface area contributed by atoms with E-state index in [4.69, 9.17) is 0 Å². The van der Waals surface area contributed by atoms with Crippen LogP contribution in [0.3, 0.4) is 0 Å². The minimum Gasteiger partial charge on any atom is -0.355 e. The quantitative estimate of drug-likeness (QED) is 0.748. The van der Waals surface area contributed by atoms with Crippen LogP contribution in [0.25, 0.3) is 10.2 Å². The Morgan fingerprint density at radius 1 is 1.17 bits per heavy atom. The van der Waals surface area contributed by atoms with Gasteiger partial charge < -0.3 is 5.32 Å². The number of amides is 1. The molecule has 0 aliphatic carbocycles. The van der Waals surface area contributed by atoms with Gasteiger partial charge in [-0.3, -0.25) is 14.2 Å². The molecule has 0 unspecified atom stereocenters. The van der Waals surface area contributed by atoms with Crippen molar-refractivity contribution in [3.8, 4) is 0 Å². The minimum absolute atomic E-state index is 0.221. The van der Waals surface area contributed by atoms with Gasteiger partial charge in [0.2, 0.25) is 5.91 Å². The summed E-state index contributed by atoms with van der Waals surface area (Å²) in [6.45, 7) is 4.98. The highest BCUT2D eigenvalue weighted by Gasteiger charge is 2.15. The van der Waals surface area contributed by atoms with E-state index < -0.39 is 5.69 Å². The predicted octanol–water partition coefficient (Wildman–Crippen LogP) is 1.94. The summed E-state index contributed by atoms with van der Waals surface area (Å²) in [7, 11) is 0. The maximum absolute atomic E-state index is 12.6. The number of nitrogens with one attached hydrogen (secondary N) is 1. The van der Waals surface area contributed by atoms with Gasteiger partial charge in [0.1, 0.15) is 11.2 Å². The van der Waals surface area contributed by atoms with Crippen molar-refractivity contribution in [2.75, 3.05) is 6.54 Å². The average molecular weight is 337 g/mol. The molecule has 7 heteroatoms. The SMILES string of the molecule is CCCCNC(=O)Cn1c(=O)c2sccc2n(CCCC)c1=O. The summed E-state index contributed by atoms with van der Waals surface area (Å²) in [4.78, 5) is 37.1. The first kappa shape index (κ1) is 17.5. The summed E-state index contributed by atoms with van der Waals surface area (Å²) in [5.41, 5.74) is -0.112. The van der Waals surface area contributed by atoms with Crippen LogP contribution in [-0.2, 0) is 17.9 Å². The standard InChI is InChI=1S/C16H23N3O3S/c1-3-5-8-17-13(20)11-19-15(21)14-12(7-10-23-14)18(16(19)22)9-6-4-2/h7,10H,3-6,8-9,11H2,1-2H3,(H,17,20). The molecule has 0 aromatic carbocycles. The zero-order valence-corrected chi connectivity index (χ0v) is 14.4. The largest absolute Gasteiger partial charge is 0.355 e. The zero-order valence-electron chi connectivity index (χ0n) is 13.6. The van der Waals surface area contributed by atoms with E-state index in [9.17, 15) is 14.4 Å². The fourth-order valence-corrected chi connectivity index (χ4v) is 3.25. The maximum Gasteiger partial charge on any atom is 0.332 e. The number of carbonyl (C=O) groups excluding carboxylic acids is 1. The van der Waals surface area contributed by atoms with Crippen molar-refractivity contribution >= 4 is 27.5 Å². The van der Waals surface area contributed by atoms with Crippen LogP contribution in [-0.4, -0.2) is 21.6 Å². The Kier molecular flexibility index (Phi) is 6.15. The molecule has 23 heavy (non-hydrogen) atoms. The van der Waals surface area contributed by atoms with Gasteiger partial charge in [-0.05, 0) is 24.3 Å². The molecular formula is C16H23N3O3S. The second-order valence-corrected chi connectivity index (χ2v) is 6.43. The highest BCUT2D eigenvalue weighted by atomic mass is 32.1. The van der Waals surface area contributed by atoms with E-state index in [1.807, 2.05) is 13.8 Å². The van der Waals surface area contributed by atoms with Crippen LogP contribution in [0.5, 0.6) is 0 Å². The van der Waals surface area contributed by atoms with E-state index in [-0.39, 0.29) is 18.0 Å². The summed E-state index contributed by atoms with van der Waals surface area (Å²) in [5.74, 6) is -0.296. The van der Waals surface area contributed by atoms with Crippen molar-refractivity contribution in [2.45, 2.75) is 52.6 Å². The molecule has 0 bridgehead atoms. The van der Waals surface area contributed by atoms with Crippen LogP contribution in [0, 0.1) is 0 Å². The lowest BCUT2D eigenvalue weighted by molar-refractivity contribution is -0.121. The van der Waals surface area contributed by atoms with Crippen LogP contribution >= 0.6 is 11.3 Å². The van der Waals surface area contributed by atoms with Gasteiger partial charge in [-0.2, -0.15) is 0 Å². The summed E-state index contributed by atoms with van der Waals surface area (Å²) < 4.78 is 3.19. The van der Waals surface area contributed by atoms with Crippen molar-refractivity contribution in [2.24, 2.45) is 0 Å². The van der Waals surface area contributed by atoms with Crippen molar-refractivity contribution in [1.82, 2.24) is 14.5 Å². The van der Waals surface area contributed by atoms with E-state index in [1.165, 1.54) is 11.3 Å². The Bertz CT molecular complexity index is 788. The monoisotopic (exact) mass is 337 g/mol. The van der Waals surface area contributed by atoms with Gasteiger partial charge in [-0.1, -0.05) is 26.7 Å². The fraction of sp³-hybridized carbons (Fsp3) is 0.562. The van der Waals surface area contributed by atoms with E-state index in [0.29, 0.717) is 23.3 Å². The molecule has 0 radical (unpaired) electrons. The van der Waals surface area contributed by atoms with Crippen LogP contribution in [0.15, 0.2) is 21.0 Å². The molecule has 1 N–H and O–H groups in total. The maximum atomic E-state index is 12.6. The number of hydrogen-bond donors (Lipinski definition) is 1. The van der Waals surface area contributed by atoms with Crippen LogP contribution in [0.4, 0.5) is 0 Å². The molecule has 2 heterocycles. The van der Waals surface area contributed by atoms with Crippen molar-refractivity contribution in [3.05, 3.63) is 32.3 Å². The zero-order chi connectivity index (χ0) is 16.8. The molecule has 0 aliphatic heterocycles. The van der Waals surface area contributed by atoms with Crippen molar-refractivity contribution < 1.29 is 4.79 Å². The van der Waals surface area contributed by atoms with Crippen LogP contribution in [0.2, 0.25) is 0 Å². The summed E-state index contributed by atoms with van der Waals surface area (Å²) in [6.07, 6.45) is 3.66. The van der Waals surface area contributed by atoms with Crippen LogP contribution in [0.1, 0.15) is 39.5 Å². The van der Waals surface area contributed by atoms with E-state index in [1.54, 1.807) is 16.0 Å². The molecule has 0 fully saturated rings. The van der Waals surface area contributed by atoms with E-state index in [0.717, 1.165) is 30.3 Å². The van der Waals surface area contributed by atoms with Gasteiger partial charge in [-0.25, -0.2) is 9.36 Å². The molecule has 6 nitrogen and oxygen atoms in total. The second kappa shape index (κ2) is 8.10. The first-order chi connectivity index (χ1) is 11.1. The average Bonchev–Trinajstić information content (AvgIpc) is 3.01. The molecule has 0 aliphatic rings. The predicted molar refractivity (Wildman–Crippen MR) is 93.2 cm³/mol. The van der Waals surface area contributed by atoms with E-state index in [2.05, 4.69) is 5.32 Å². The second-order valence-electron chi connectivity index (χ2n) is 5.52. The lowest BCUT2D eigenvalue weighted by Crippen LogP contribution is -2.43. The minimum atomic E-state index is -0.403. The first-order valence-electron chi connectivity index (χ1n) is 8.07. The molecule has 2 aromatic heterocycles. The third kappa shape index (κ3) is 3.90. The molecule has 0 atom stereocenters. The number of nitrogens with zero attached hydrogens (tertiary/aromatic N) is 2. The van der Waals surface area contributed by atoms with Crippen molar-refractivity contribution in [3.63, 3.8) is 0 Å². The summed E-state index contributed by atoms with van der Waals surface area (Å²) >= 11 is 1.31. The van der Waals surface area contributed by atoms with E-state index >= 15 is 0 Å². The molecule has 0 spiro atoms. The molecule has 0 saturated heterocycles. The Hall–Kier alpha value is -1.89. The third-order valence-corrected chi connectivity index (χ3v) is 4.62. The highest BCUT2D eigenvalue weighted by Crippen LogP contribution is 2.15. The molecule has 1 amide bonds. The molecule has 0 saturated carbocycles. The Morgan fingerprint density at radius 2 is 1.91 bits per heavy atom. The summed E-state index contributed by atoms with van der Waals surface area (Å²) in [6, 6.07) is 1.80. The number of aryl methyl sites for hydroxylation is 1. The third-order valence-electron chi connectivity index (χ3n) is 3.73. The number of rotatable bonds is 8. The van der Waals surface area contributed by atoms with Gasteiger partial charge in [0, 0.05) is 13.1 Å². The number of carbonyl (C=O) groups is 1. The number of unbranched alkanes of at least 4 members (excludes halogenated alkanes) is 2. The highest BCUT2D eigenvalue weighted by molar-refractivity contribution is 7.17. The number of hydrogen-bond acceptors (Lipinski definition) is 4. The topological polar surface area (TPSA) is 73.1 Å². The Balaban J connectivity index is 2.37. The molecule has 2 aromatic rings.